The first-order chi connectivity index (χ1) is 9.48. The van der Waals surface area contributed by atoms with E-state index >= 15 is 0 Å². The van der Waals surface area contributed by atoms with Crippen LogP contribution >= 0.6 is 0 Å². The molecule has 0 aromatic heterocycles. The van der Waals surface area contributed by atoms with Crippen LogP contribution in [-0.2, 0) is 15.9 Å². The van der Waals surface area contributed by atoms with Gasteiger partial charge in [0.05, 0.1) is 13.2 Å². The summed E-state index contributed by atoms with van der Waals surface area (Å²) >= 11 is 0. The summed E-state index contributed by atoms with van der Waals surface area (Å²) in [6.45, 7) is 2.71. The van der Waals surface area contributed by atoms with Gasteiger partial charge in [-0.1, -0.05) is 31.2 Å². The van der Waals surface area contributed by atoms with Gasteiger partial charge in [-0.15, -0.1) is 0 Å². The lowest BCUT2D eigenvalue weighted by Gasteiger charge is -2.29. The molecule has 1 fully saturated rings. The molecule has 1 aromatic carbocycles. The van der Waals surface area contributed by atoms with Crippen molar-refractivity contribution in [3.8, 4) is 0 Å². The van der Waals surface area contributed by atoms with E-state index in [4.69, 9.17) is 9.47 Å². The summed E-state index contributed by atoms with van der Waals surface area (Å²) in [7, 11) is 0. The van der Waals surface area contributed by atoms with Crippen molar-refractivity contribution in [2.45, 2.75) is 38.7 Å². The van der Waals surface area contributed by atoms with Gasteiger partial charge in [0.2, 0.25) is 0 Å². The summed E-state index contributed by atoms with van der Waals surface area (Å²) in [6.07, 6.45) is -4.31. The summed E-state index contributed by atoms with van der Waals surface area (Å²) in [6, 6.07) is 7.91. The van der Waals surface area contributed by atoms with Gasteiger partial charge in [0.1, 0.15) is 0 Å². The molecule has 1 aliphatic heterocycles. The van der Waals surface area contributed by atoms with Gasteiger partial charge in [0.15, 0.2) is 6.29 Å². The Kier molecular flexibility index (Phi) is 5.05. The number of aryl methyl sites for hydroxylation is 1. The number of hydrogen-bond donors (Lipinski definition) is 0. The van der Waals surface area contributed by atoms with E-state index in [2.05, 4.69) is 6.92 Å². The predicted octanol–water partition coefficient (Wildman–Crippen LogP) is 4.25. The van der Waals surface area contributed by atoms with E-state index in [-0.39, 0.29) is 12.3 Å². The fraction of sp³-hybridized carbons (Fsp3) is 0.600. The number of alkyl halides is 3. The normalized spacial score (nSPS) is 23.8. The van der Waals surface area contributed by atoms with E-state index in [1.807, 2.05) is 24.3 Å². The Balaban J connectivity index is 1.81. The highest BCUT2D eigenvalue weighted by Gasteiger charge is 2.30. The van der Waals surface area contributed by atoms with E-state index in [1.54, 1.807) is 0 Å². The lowest BCUT2D eigenvalue weighted by Crippen LogP contribution is -2.28. The smallest absolute Gasteiger partial charge is 0.348 e. The van der Waals surface area contributed by atoms with Crippen LogP contribution in [-0.4, -0.2) is 19.4 Å². The van der Waals surface area contributed by atoms with E-state index in [0.29, 0.717) is 13.2 Å². The van der Waals surface area contributed by atoms with Crippen molar-refractivity contribution in [3.05, 3.63) is 35.4 Å². The van der Waals surface area contributed by atoms with Gasteiger partial charge in [0.25, 0.3) is 0 Å². The number of ether oxygens (including phenoxy) is 2. The number of halogens is 3. The third-order valence-electron chi connectivity index (χ3n) is 3.46. The molecule has 0 amide bonds. The van der Waals surface area contributed by atoms with Crippen molar-refractivity contribution in [3.63, 3.8) is 0 Å². The minimum Gasteiger partial charge on any atom is -0.348 e. The molecule has 0 aliphatic carbocycles. The van der Waals surface area contributed by atoms with Gasteiger partial charge in [-0.25, -0.2) is 0 Å². The molecule has 1 heterocycles. The van der Waals surface area contributed by atoms with Gasteiger partial charge >= 0.3 is 6.18 Å². The van der Waals surface area contributed by atoms with Gasteiger partial charge in [0, 0.05) is 17.9 Å². The van der Waals surface area contributed by atoms with Crippen molar-refractivity contribution in [1.29, 1.82) is 0 Å². The van der Waals surface area contributed by atoms with Gasteiger partial charge in [-0.3, -0.25) is 0 Å². The van der Waals surface area contributed by atoms with Crippen LogP contribution in [0.3, 0.4) is 0 Å². The second-order valence-corrected chi connectivity index (χ2v) is 5.11. The molecule has 0 saturated carbocycles. The molecule has 0 radical (unpaired) electrons. The Morgan fingerprint density at radius 2 is 1.70 bits per heavy atom. The van der Waals surface area contributed by atoms with Crippen LogP contribution in [0.1, 0.15) is 37.2 Å². The van der Waals surface area contributed by atoms with Crippen LogP contribution in [0.4, 0.5) is 13.2 Å². The molecule has 1 aromatic rings. The fourth-order valence-corrected chi connectivity index (χ4v) is 2.18. The second-order valence-electron chi connectivity index (χ2n) is 5.11. The van der Waals surface area contributed by atoms with E-state index in [0.717, 1.165) is 12.0 Å². The van der Waals surface area contributed by atoms with Crippen LogP contribution in [0, 0.1) is 5.92 Å². The van der Waals surface area contributed by atoms with Crippen LogP contribution in [0.5, 0.6) is 0 Å². The molecule has 2 nitrogen and oxygen atoms in total. The summed E-state index contributed by atoms with van der Waals surface area (Å²) in [5.74, 6) is -0.178. The summed E-state index contributed by atoms with van der Waals surface area (Å²) in [5.41, 5.74) is 2.14. The third-order valence-corrected chi connectivity index (χ3v) is 3.46. The predicted molar refractivity (Wildman–Crippen MR) is 69.2 cm³/mol. The Labute approximate surface area is 116 Å². The first kappa shape index (κ1) is 15.3. The highest BCUT2D eigenvalue weighted by molar-refractivity contribution is 5.23. The molecule has 0 unspecified atom stereocenters. The van der Waals surface area contributed by atoms with E-state index in [1.165, 1.54) is 5.56 Å². The third kappa shape index (κ3) is 4.49. The zero-order valence-electron chi connectivity index (χ0n) is 11.5. The minimum absolute atomic E-state index is 0.0605. The molecule has 20 heavy (non-hydrogen) atoms. The molecule has 0 spiro atoms. The first-order valence-corrected chi connectivity index (χ1v) is 6.86. The van der Waals surface area contributed by atoms with Crippen molar-refractivity contribution < 1.29 is 22.6 Å². The average molecular weight is 288 g/mol. The molecule has 0 atom stereocenters. The monoisotopic (exact) mass is 288 g/mol. The van der Waals surface area contributed by atoms with E-state index < -0.39 is 18.9 Å². The quantitative estimate of drug-likeness (QED) is 0.824. The summed E-state index contributed by atoms with van der Waals surface area (Å²) in [5, 5.41) is 0. The SMILES string of the molecule is CCc1ccc(C2OCC(CCC(F)(F)F)CO2)cc1. The average Bonchev–Trinajstić information content (AvgIpc) is 2.45. The molecular formula is C15H19F3O2. The zero-order chi connectivity index (χ0) is 14.6. The molecular weight excluding hydrogens is 269 g/mol. The number of rotatable bonds is 4. The number of hydrogen-bond acceptors (Lipinski definition) is 2. The largest absolute Gasteiger partial charge is 0.389 e. The fourth-order valence-electron chi connectivity index (χ4n) is 2.18. The topological polar surface area (TPSA) is 18.5 Å². The van der Waals surface area contributed by atoms with Gasteiger partial charge in [-0.05, 0) is 18.4 Å². The summed E-state index contributed by atoms with van der Waals surface area (Å²) < 4.78 is 47.5. The second kappa shape index (κ2) is 6.59. The maximum absolute atomic E-state index is 12.1. The van der Waals surface area contributed by atoms with E-state index in [9.17, 15) is 13.2 Å². The van der Waals surface area contributed by atoms with Crippen LogP contribution in [0.2, 0.25) is 0 Å². The van der Waals surface area contributed by atoms with Crippen LogP contribution in [0.25, 0.3) is 0 Å². The Morgan fingerprint density at radius 1 is 1.10 bits per heavy atom. The Bertz CT molecular complexity index is 406. The first-order valence-electron chi connectivity index (χ1n) is 6.86. The van der Waals surface area contributed by atoms with Crippen molar-refractivity contribution in [2.75, 3.05) is 13.2 Å². The lowest BCUT2D eigenvalue weighted by molar-refractivity contribution is -0.211. The maximum atomic E-state index is 12.1. The van der Waals surface area contributed by atoms with Gasteiger partial charge in [-0.2, -0.15) is 13.2 Å². The minimum atomic E-state index is -4.10. The Hall–Kier alpha value is -1.07. The van der Waals surface area contributed by atoms with Crippen molar-refractivity contribution >= 4 is 0 Å². The molecule has 1 aliphatic rings. The molecule has 0 bridgehead atoms. The highest BCUT2D eigenvalue weighted by Crippen LogP contribution is 2.30. The standard InChI is InChI=1S/C15H19F3O2/c1-2-11-3-5-13(6-4-11)14-19-9-12(10-20-14)7-8-15(16,17)18/h3-6,12,14H,2,7-10H2,1H3. The van der Waals surface area contributed by atoms with Crippen LogP contribution < -0.4 is 0 Å². The van der Waals surface area contributed by atoms with Gasteiger partial charge < -0.3 is 9.47 Å². The molecule has 2 rings (SSSR count). The Morgan fingerprint density at radius 3 is 2.20 bits per heavy atom. The van der Waals surface area contributed by atoms with Crippen molar-refractivity contribution in [2.24, 2.45) is 5.92 Å². The molecule has 112 valence electrons. The van der Waals surface area contributed by atoms with Crippen molar-refractivity contribution in [1.82, 2.24) is 0 Å². The zero-order valence-corrected chi connectivity index (χ0v) is 11.5. The molecule has 5 heteroatoms. The lowest BCUT2D eigenvalue weighted by atomic mass is 10.0. The summed E-state index contributed by atoms with van der Waals surface area (Å²) in [4.78, 5) is 0. The number of benzene rings is 1. The molecule has 1 saturated heterocycles. The highest BCUT2D eigenvalue weighted by atomic mass is 19.4. The molecule has 0 N–H and O–H groups in total. The van der Waals surface area contributed by atoms with Crippen LogP contribution in [0.15, 0.2) is 24.3 Å². The maximum Gasteiger partial charge on any atom is 0.389 e.